The van der Waals surface area contributed by atoms with Crippen LogP contribution in [0.15, 0.2) is 66.7 Å². The third kappa shape index (κ3) is 3.41. The van der Waals surface area contributed by atoms with E-state index < -0.39 is 5.41 Å². The number of carbonyl (C=O) groups is 2. The van der Waals surface area contributed by atoms with Crippen LogP contribution in [0.4, 0.5) is 5.69 Å². The van der Waals surface area contributed by atoms with Crippen LogP contribution in [0.3, 0.4) is 0 Å². The lowest BCUT2D eigenvalue weighted by Crippen LogP contribution is -2.47. The quantitative estimate of drug-likeness (QED) is 0.579. The first-order valence-electron chi connectivity index (χ1n) is 10.9. The van der Waals surface area contributed by atoms with E-state index in [1.165, 1.54) is 0 Å². The van der Waals surface area contributed by atoms with Crippen LogP contribution in [0.5, 0.6) is 11.5 Å². The zero-order valence-corrected chi connectivity index (χ0v) is 18.3. The van der Waals surface area contributed by atoms with Gasteiger partial charge in [0, 0.05) is 43.0 Å². The summed E-state index contributed by atoms with van der Waals surface area (Å²) in [5, 5.41) is 22.7. The number of piperazine rings is 1. The molecule has 2 heterocycles. The summed E-state index contributed by atoms with van der Waals surface area (Å²) in [6, 6.07) is 18.4. The zero-order chi connectivity index (χ0) is 23.2. The van der Waals surface area contributed by atoms with Crippen LogP contribution in [0.2, 0.25) is 0 Å². The molecule has 168 valence electrons. The normalized spacial score (nSPS) is 17.5. The van der Waals surface area contributed by atoms with E-state index in [0.717, 1.165) is 13.1 Å². The number of nitrogens with zero attached hydrogens (tertiary/aromatic N) is 2. The van der Waals surface area contributed by atoms with E-state index in [2.05, 4.69) is 10.2 Å². The van der Waals surface area contributed by atoms with E-state index in [-0.39, 0.29) is 23.3 Å². The topological polar surface area (TPSA) is 93.1 Å². The van der Waals surface area contributed by atoms with Gasteiger partial charge in [0.1, 0.15) is 16.9 Å². The highest BCUT2D eigenvalue weighted by molar-refractivity contribution is 6.12. The lowest BCUT2D eigenvalue weighted by molar-refractivity contribution is -0.118. The highest BCUT2D eigenvalue weighted by Crippen LogP contribution is 2.48. The van der Waals surface area contributed by atoms with Crippen molar-refractivity contribution >= 4 is 17.5 Å². The molecule has 0 bridgehead atoms. The molecule has 2 aliphatic rings. The fourth-order valence-electron chi connectivity index (χ4n) is 4.79. The van der Waals surface area contributed by atoms with Crippen molar-refractivity contribution < 1.29 is 19.8 Å². The predicted molar refractivity (Wildman–Crippen MR) is 125 cm³/mol. The number of benzene rings is 3. The fraction of sp³-hybridized carbons (Fsp3) is 0.231. The number of phenols is 2. The van der Waals surface area contributed by atoms with Gasteiger partial charge in [-0.1, -0.05) is 24.3 Å². The van der Waals surface area contributed by atoms with Gasteiger partial charge in [0.25, 0.3) is 5.91 Å². The Bertz CT molecular complexity index is 1170. The number of phenolic OH excluding ortho intramolecular Hbond substituents is 2. The van der Waals surface area contributed by atoms with E-state index in [1.54, 1.807) is 66.7 Å². The van der Waals surface area contributed by atoms with Crippen LogP contribution < -0.4 is 5.32 Å². The lowest BCUT2D eigenvalue weighted by Gasteiger charge is -2.33. The molecule has 3 aromatic rings. The molecule has 0 atom stereocenters. The van der Waals surface area contributed by atoms with Gasteiger partial charge in [-0.25, -0.2) is 0 Å². The Balaban J connectivity index is 1.66. The molecule has 3 aromatic carbocycles. The van der Waals surface area contributed by atoms with Gasteiger partial charge in [0.2, 0.25) is 5.91 Å². The summed E-state index contributed by atoms with van der Waals surface area (Å²) >= 11 is 0. The highest BCUT2D eigenvalue weighted by Gasteiger charge is 2.50. The van der Waals surface area contributed by atoms with Crippen LogP contribution >= 0.6 is 0 Å². The first kappa shape index (κ1) is 21.0. The van der Waals surface area contributed by atoms with Gasteiger partial charge in [-0.05, 0) is 60.6 Å². The second-order valence-electron chi connectivity index (χ2n) is 8.65. The van der Waals surface area contributed by atoms with Crippen molar-refractivity contribution in [1.82, 2.24) is 9.80 Å². The third-order valence-electron chi connectivity index (χ3n) is 6.65. The van der Waals surface area contributed by atoms with Gasteiger partial charge in [-0.2, -0.15) is 0 Å². The summed E-state index contributed by atoms with van der Waals surface area (Å²) in [6.07, 6.45) is 0. The van der Waals surface area contributed by atoms with Crippen molar-refractivity contribution in [1.29, 1.82) is 0 Å². The summed E-state index contributed by atoms with van der Waals surface area (Å²) in [6.45, 7) is 2.96. The number of rotatable bonds is 3. The number of aromatic hydroxyl groups is 2. The van der Waals surface area contributed by atoms with E-state index in [1.807, 2.05) is 11.9 Å². The van der Waals surface area contributed by atoms with Crippen LogP contribution in [0.25, 0.3) is 0 Å². The number of likely N-dealkylation sites (N-methyl/N-ethyl adjacent to an activating group) is 1. The second-order valence-corrected chi connectivity index (χ2v) is 8.65. The molecule has 7 heteroatoms. The minimum atomic E-state index is -1.23. The zero-order valence-electron chi connectivity index (χ0n) is 18.3. The molecule has 3 N–H and O–H groups in total. The minimum absolute atomic E-state index is 0.0597. The van der Waals surface area contributed by atoms with Gasteiger partial charge in [0.05, 0.1) is 0 Å². The van der Waals surface area contributed by atoms with Crippen molar-refractivity contribution in [3.8, 4) is 11.5 Å². The standard InChI is InChI=1S/C26H25N3O4/c1-28-12-14-29(15-13-28)24(32)17-2-11-23-22(16-17)26(25(33)27-23,18-3-7-20(30)8-4-18)19-5-9-21(31)10-6-19/h2-11,16,30-31H,12-15H2,1H3,(H,27,33). The molecule has 5 rings (SSSR count). The Labute approximate surface area is 191 Å². The fourth-order valence-corrected chi connectivity index (χ4v) is 4.79. The Morgan fingerprint density at radius 1 is 0.848 bits per heavy atom. The molecule has 7 nitrogen and oxygen atoms in total. The molecule has 1 saturated heterocycles. The molecule has 0 unspecified atom stereocenters. The van der Waals surface area contributed by atoms with E-state index in [0.29, 0.717) is 41.0 Å². The van der Waals surface area contributed by atoms with Crippen LogP contribution in [-0.2, 0) is 10.2 Å². The van der Waals surface area contributed by atoms with E-state index in [9.17, 15) is 19.8 Å². The lowest BCUT2D eigenvalue weighted by atomic mass is 9.70. The SMILES string of the molecule is CN1CCN(C(=O)c2ccc3c(c2)C(c2ccc(O)cc2)(c2ccc(O)cc2)C(=O)N3)CC1. The van der Waals surface area contributed by atoms with Crippen LogP contribution in [0.1, 0.15) is 27.0 Å². The highest BCUT2D eigenvalue weighted by atomic mass is 16.3. The van der Waals surface area contributed by atoms with Crippen molar-refractivity contribution in [2.75, 3.05) is 38.5 Å². The van der Waals surface area contributed by atoms with Crippen molar-refractivity contribution in [2.24, 2.45) is 0 Å². The molecule has 0 radical (unpaired) electrons. The van der Waals surface area contributed by atoms with Crippen LogP contribution in [0, 0.1) is 0 Å². The number of hydrogen-bond donors (Lipinski definition) is 3. The molecule has 0 spiro atoms. The Morgan fingerprint density at radius 2 is 1.39 bits per heavy atom. The van der Waals surface area contributed by atoms with Crippen molar-refractivity contribution in [3.63, 3.8) is 0 Å². The molecule has 1 fully saturated rings. The summed E-state index contributed by atoms with van der Waals surface area (Å²) in [4.78, 5) is 30.9. The number of anilines is 1. The van der Waals surface area contributed by atoms with Crippen LogP contribution in [-0.4, -0.2) is 65.1 Å². The Kier molecular flexibility index (Phi) is 5.06. The maximum absolute atomic E-state index is 13.6. The molecule has 2 aliphatic heterocycles. The molecule has 33 heavy (non-hydrogen) atoms. The first-order valence-corrected chi connectivity index (χ1v) is 10.9. The first-order chi connectivity index (χ1) is 15.9. The Hall–Kier alpha value is -3.84. The van der Waals surface area contributed by atoms with Gasteiger partial charge < -0.3 is 25.3 Å². The predicted octanol–water partition coefficient (Wildman–Crippen LogP) is 2.77. The van der Waals surface area contributed by atoms with Crippen molar-refractivity contribution in [2.45, 2.75) is 5.41 Å². The van der Waals surface area contributed by atoms with Gasteiger partial charge in [-0.3, -0.25) is 9.59 Å². The average molecular weight is 444 g/mol. The number of fused-ring (bicyclic) bond motifs is 1. The number of amides is 2. The minimum Gasteiger partial charge on any atom is -0.508 e. The average Bonchev–Trinajstić information content (AvgIpc) is 3.12. The summed E-state index contributed by atoms with van der Waals surface area (Å²) in [5.41, 5.74) is 1.92. The molecule has 0 aromatic heterocycles. The van der Waals surface area contributed by atoms with E-state index >= 15 is 0 Å². The summed E-state index contributed by atoms with van der Waals surface area (Å²) < 4.78 is 0. The number of carbonyl (C=O) groups excluding carboxylic acids is 2. The van der Waals surface area contributed by atoms with Gasteiger partial charge in [-0.15, -0.1) is 0 Å². The third-order valence-corrected chi connectivity index (χ3v) is 6.65. The van der Waals surface area contributed by atoms with Gasteiger partial charge in [0.15, 0.2) is 0 Å². The Morgan fingerprint density at radius 3 is 1.94 bits per heavy atom. The monoisotopic (exact) mass is 443 g/mol. The van der Waals surface area contributed by atoms with Crippen molar-refractivity contribution in [3.05, 3.63) is 89.0 Å². The maximum Gasteiger partial charge on any atom is 0.253 e. The number of hydrogen-bond acceptors (Lipinski definition) is 5. The van der Waals surface area contributed by atoms with Gasteiger partial charge >= 0.3 is 0 Å². The molecule has 2 amide bonds. The molecule has 0 saturated carbocycles. The number of nitrogens with one attached hydrogen (secondary N) is 1. The largest absolute Gasteiger partial charge is 0.508 e. The smallest absolute Gasteiger partial charge is 0.253 e. The maximum atomic E-state index is 13.6. The van der Waals surface area contributed by atoms with E-state index in [4.69, 9.17) is 0 Å². The summed E-state index contributed by atoms with van der Waals surface area (Å²) in [5.74, 6) is -0.122. The second kappa shape index (κ2) is 7.94. The summed E-state index contributed by atoms with van der Waals surface area (Å²) in [7, 11) is 2.04. The molecular formula is C26H25N3O4. The molecular weight excluding hydrogens is 418 g/mol. The molecule has 0 aliphatic carbocycles.